The number of sulfonamides is 1. The van der Waals surface area contributed by atoms with Crippen LogP contribution in [0.4, 0.5) is 0 Å². The normalized spacial score (nSPS) is 17.0. The number of amides is 1. The molecule has 0 aromatic rings. The molecule has 0 aromatic heterocycles. The van der Waals surface area contributed by atoms with E-state index >= 15 is 0 Å². The Balaban J connectivity index is 2.09. The Morgan fingerprint density at radius 3 is 2.54 bits per heavy atom. The maximum Gasteiger partial charge on any atom is 0.247 e. The first kappa shape index (κ1) is 10.5. The van der Waals surface area contributed by atoms with Crippen LogP contribution in [0.5, 0.6) is 0 Å². The molecule has 1 fully saturated rings. The summed E-state index contributed by atoms with van der Waals surface area (Å²) in [5.41, 5.74) is 0. The van der Waals surface area contributed by atoms with Crippen LogP contribution >= 0.6 is 0 Å². The highest BCUT2D eigenvalue weighted by atomic mass is 32.2. The molecule has 0 saturated heterocycles. The molecular formula is C7H14N2O3S. The summed E-state index contributed by atoms with van der Waals surface area (Å²) in [6.07, 6.45) is 3.38. The van der Waals surface area contributed by atoms with Crippen molar-refractivity contribution < 1.29 is 13.2 Å². The molecule has 1 aliphatic carbocycles. The van der Waals surface area contributed by atoms with Gasteiger partial charge in [-0.05, 0) is 25.3 Å². The van der Waals surface area contributed by atoms with Crippen LogP contribution in [0.25, 0.3) is 0 Å². The number of nitrogens with one attached hydrogen (secondary N) is 2. The zero-order valence-electron chi connectivity index (χ0n) is 7.54. The van der Waals surface area contributed by atoms with Gasteiger partial charge in [-0.2, -0.15) is 0 Å². The number of carbonyl (C=O) groups is 1. The number of carbonyl (C=O) groups excluding carboxylic acids is 1. The first-order chi connectivity index (χ1) is 5.97. The Labute approximate surface area is 77.9 Å². The maximum absolute atomic E-state index is 10.9. The smallest absolute Gasteiger partial charge is 0.247 e. The Morgan fingerprint density at radius 1 is 1.46 bits per heavy atom. The van der Waals surface area contributed by atoms with E-state index in [0.717, 1.165) is 12.8 Å². The first-order valence-corrected chi connectivity index (χ1v) is 6.08. The van der Waals surface area contributed by atoms with Crippen LogP contribution in [-0.4, -0.2) is 33.7 Å². The lowest BCUT2D eigenvalue weighted by Gasteiger charge is -2.03. The summed E-state index contributed by atoms with van der Waals surface area (Å²) in [5, 5.41) is 2.89. The largest absolute Gasteiger partial charge is 0.308 e. The third-order valence-corrected chi connectivity index (χ3v) is 2.31. The summed E-state index contributed by atoms with van der Waals surface area (Å²) in [6, 6.07) is 0. The second-order valence-electron chi connectivity index (χ2n) is 3.37. The minimum absolute atomic E-state index is 0.0730. The van der Waals surface area contributed by atoms with Crippen molar-refractivity contribution in [3.63, 3.8) is 0 Å². The van der Waals surface area contributed by atoms with Crippen LogP contribution in [0.2, 0.25) is 0 Å². The van der Waals surface area contributed by atoms with Crippen molar-refractivity contribution in [3.8, 4) is 0 Å². The molecule has 0 spiro atoms. The average Bonchev–Trinajstić information content (AvgIpc) is 2.66. The summed E-state index contributed by atoms with van der Waals surface area (Å²) >= 11 is 0. The molecule has 2 N–H and O–H groups in total. The van der Waals surface area contributed by atoms with Gasteiger partial charge < -0.3 is 5.32 Å². The fourth-order valence-electron chi connectivity index (χ4n) is 0.955. The molecular weight excluding hydrogens is 192 g/mol. The van der Waals surface area contributed by atoms with Crippen molar-refractivity contribution in [2.45, 2.75) is 12.8 Å². The molecule has 0 radical (unpaired) electrons. The zero-order chi connectivity index (χ0) is 9.90. The van der Waals surface area contributed by atoms with Crippen LogP contribution in [0.15, 0.2) is 0 Å². The van der Waals surface area contributed by atoms with Crippen molar-refractivity contribution in [1.82, 2.24) is 10.0 Å². The van der Waals surface area contributed by atoms with Gasteiger partial charge in [0.05, 0.1) is 12.8 Å². The van der Waals surface area contributed by atoms with Crippen LogP contribution in [0.1, 0.15) is 12.8 Å². The van der Waals surface area contributed by atoms with Gasteiger partial charge in [-0.3, -0.25) is 9.52 Å². The SMILES string of the molecule is CS(=O)(=O)NC(=O)CNCC1CC1. The molecule has 6 heteroatoms. The van der Waals surface area contributed by atoms with Gasteiger partial charge in [-0.1, -0.05) is 0 Å². The van der Waals surface area contributed by atoms with E-state index in [4.69, 9.17) is 0 Å². The van der Waals surface area contributed by atoms with E-state index in [2.05, 4.69) is 5.32 Å². The molecule has 76 valence electrons. The summed E-state index contributed by atoms with van der Waals surface area (Å²) in [6.45, 7) is 0.876. The molecule has 0 atom stereocenters. The third-order valence-electron chi connectivity index (χ3n) is 1.71. The number of hydrogen-bond acceptors (Lipinski definition) is 4. The molecule has 0 aromatic carbocycles. The number of hydrogen-bond donors (Lipinski definition) is 2. The molecule has 0 unspecified atom stereocenters. The van der Waals surface area contributed by atoms with Gasteiger partial charge in [0.2, 0.25) is 15.9 Å². The van der Waals surface area contributed by atoms with Crippen LogP contribution in [-0.2, 0) is 14.8 Å². The molecule has 1 aliphatic rings. The van der Waals surface area contributed by atoms with Crippen molar-refractivity contribution in [2.75, 3.05) is 19.3 Å². The van der Waals surface area contributed by atoms with Gasteiger partial charge in [0, 0.05) is 0 Å². The predicted molar refractivity (Wildman–Crippen MR) is 48.6 cm³/mol. The van der Waals surface area contributed by atoms with E-state index in [1.165, 1.54) is 12.8 Å². The highest BCUT2D eigenvalue weighted by Crippen LogP contribution is 2.27. The second-order valence-corrected chi connectivity index (χ2v) is 5.12. The Kier molecular flexibility index (Phi) is 3.27. The van der Waals surface area contributed by atoms with Gasteiger partial charge in [-0.15, -0.1) is 0 Å². The minimum atomic E-state index is -3.40. The van der Waals surface area contributed by atoms with Gasteiger partial charge in [0.1, 0.15) is 0 Å². The van der Waals surface area contributed by atoms with E-state index in [9.17, 15) is 13.2 Å². The molecule has 1 rings (SSSR count). The van der Waals surface area contributed by atoms with E-state index in [1.54, 1.807) is 0 Å². The summed E-state index contributed by atoms with van der Waals surface area (Å²) in [4.78, 5) is 10.9. The molecule has 0 aliphatic heterocycles. The van der Waals surface area contributed by atoms with E-state index in [0.29, 0.717) is 5.92 Å². The lowest BCUT2D eigenvalue weighted by Crippen LogP contribution is -2.37. The first-order valence-electron chi connectivity index (χ1n) is 4.19. The van der Waals surface area contributed by atoms with Crippen molar-refractivity contribution in [3.05, 3.63) is 0 Å². The van der Waals surface area contributed by atoms with Crippen molar-refractivity contribution >= 4 is 15.9 Å². The Morgan fingerprint density at radius 2 is 2.08 bits per heavy atom. The highest BCUT2D eigenvalue weighted by molar-refractivity contribution is 7.89. The molecule has 1 saturated carbocycles. The van der Waals surface area contributed by atoms with Crippen molar-refractivity contribution in [2.24, 2.45) is 5.92 Å². The van der Waals surface area contributed by atoms with Gasteiger partial charge in [0.15, 0.2) is 0 Å². The van der Waals surface area contributed by atoms with Gasteiger partial charge >= 0.3 is 0 Å². The summed E-state index contributed by atoms with van der Waals surface area (Å²) in [5.74, 6) is 0.189. The predicted octanol–water partition coefficient (Wildman–Crippen LogP) is -0.938. The maximum atomic E-state index is 10.9. The molecule has 1 amide bonds. The molecule has 0 bridgehead atoms. The molecule has 13 heavy (non-hydrogen) atoms. The van der Waals surface area contributed by atoms with E-state index < -0.39 is 15.9 Å². The van der Waals surface area contributed by atoms with E-state index in [1.807, 2.05) is 4.72 Å². The standard InChI is InChI=1S/C7H14N2O3S/c1-13(11,12)9-7(10)5-8-4-6-2-3-6/h6,8H,2-5H2,1H3,(H,9,10). The summed E-state index contributed by atoms with van der Waals surface area (Å²) in [7, 11) is -3.40. The minimum Gasteiger partial charge on any atom is -0.308 e. The van der Waals surface area contributed by atoms with Crippen molar-refractivity contribution in [1.29, 1.82) is 0 Å². The Hall–Kier alpha value is -0.620. The van der Waals surface area contributed by atoms with Crippen LogP contribution in [0, 0.1) is 5.92 Å². The van der Waals surface area contributed by atoms with E-state index in [-0.39, 0.29) is 6.54 Å². The lowest BCUT2D eigenvalue weighted by atomic mass is 10.4. The summed E-state index contributed by atoms with van der Waals surface area (Å²) < 4.78 is 23.1. The third kappa shape index (κ3) is 5.59. The van der Waals surface area contributed by atoms with Gasteiger partial charge in [0.25, 0.3) is 0 Å². The van der Waals surface area contributed by atoms with Crippen LogP contribution in [0.3, 0.4) is 0 Å². The lowest BCUT2D eigenvalue weighted by molar-refractivity contribution is -0.118. The molecule has 0 heterocycles. The topological polar surface area (TPSA) is 75.3 Å². The second kappa shape index (κ2) is 4.06. The fourth-order valence-corrected chi connectivity index (χ4v) is 1.44. The zero-order valence-corrected chi connectivity index (χ0v) is 8.36. The van der Waals surface area contributed by atoms with Gasteiger partial charge in [-0.25, -0.2) is 8.42 Å². The highest BCUT2D eigenvalue weighted by Gasteiger charge is 2.20. The number of rotatable bonds is 5. The monoisotopic (exact) mass is 206 g/mol. The average molecular weight is 206 g/mol. The van der Waals surface area contributed by atoms with Crippen LogP contribution < -0.4 is 10.0 Å². The quantitative estimate of drug-likeness (QED) is 0.609. The molecule has 5 nitrogen and oxygen atoms in total. The fraction of sp³-hybridized carbons (Fsp3) is 0.857. The Bertz CT molecular complexity index is 282.